The van der Waals surface area contributed by atoms with Crippen molar-refractivity contribution in [3.05, 3.63) is 0 Å². The zero-order valence-electron chi connectivity index (χ0n) is 16.1. The van der Waals surface area contributed by atoms with Crippen LogP contribution in [0.2, 0.25) is 0 Å². The summed E-state index contributed by atoms with van der Waals surface area (Å²) in [6.45, 7) is 6.19. The Morgan fingerprint density at radius 2 is 1.29 bits per heavy atom. The second kappa shape index (κ2) is 19.7. The Morgan fingerprint density at radius 3 is 1.75 bits per heavy atom. The zero-order valence-corrected chi connectivity index (χ0v) is 17.8. The van der Waals surface area contributed by atoms with Crippen molar-refractivity contribution in [2.24, 2.45) is 0 Å². The molecule has 0 amide bonds. The molecule has 0 bridgehead atoms. The molecule has 0 aromatic rings. The summed E-state index contributed by atoms with van der Waals surface area (Å²) in [6, 6.07) is 0. The molecule has 2 N–H and O–H groups in total. The molecule has 1 heterocycles. The molecule has 1 fully saturated rings. The lowest BCUT2D eigenvalue weighted by Crippen LogP contribution is -2.47. The Labute approximate surface area is 161 Å². The number of nitrogens with one attached hydrogen (secondary N) is 2. The number of unbranched alkanes of at least 4 members (excludes halogenated alkanes) is 13. The highest BCUT2D eigenvalue weighted by Gasteiger charge is 2.10. The van der Waals surface area contributed by atoms with Crippen LogP contribution < -0.4 is 10.6 Å². The number of morpholine rings is 1. The molecule has 4 heteroatoms. The summed E-state index contributed by atoms with van der Waals surface area (Å²) in [5, 5.41) is 6.83. The second-order valence-corrected chi connectivity index (χ2v) is 7.11. The minimum absolute atomic E-state index is 0. The van der Waals surface area contributed by atoms with Gasteiger partial charge in [-0.1, -0.05) is 90.4 Å². The Hall–Kier alpha value is 0.360. The number of ether oxygens (including phenoxy) is 1. The summed E-state index contributed by atoms with van der Waals surface area (Å²) in [5.74, 6) is 0. The van der Waals surface area contributed by atoms with Gasteiger partial charge < -0.3 is 10.1 Å². The van der Waals surface area contributed by atoms with Gasteiger partial charge in [0.15, 0.2) is 0 Å². The lowest BCUT2D eigenvalue weighted by atomic mass is 10.0. The first kappa shape index (κ1) is 24.4. The highest BCUT2D eigenvalue weighted by molar-refractivity contribution is 8.93. The molecule has 1 aliphatic rings. The van der Waals surface area contributed by atoms with Gasteiger partial charge in [0.2, 0.25) is 0 Å². The van der Waals surface area contributed by atoms with E-state index < -0.39 is 0 Å². The molecule has 0 radical (unpaired) electrons. The average Bonchev–Trinajstić information content (AvgIpc) is 2.59. The molecule has 1 aliphatic heterocycles. The van der Waals surface area contributed by atoms with Crippen molar-refractivity contribution < 1.29 is 4.74 Å². The summed E-state index contributed by atoms with van der Waals surface area (Å²) in [5.41, 5.74) is 0. The van der Waals surface area contributed by atoms with E-state index >= 15 is 0 Å². The van der Waals surface area contributed by atoms with E-state index in [9.17, 15) is 0 Å². The van der Waals surface area contributed by atoms with Gasteiger partial charge in [-0.2, -0.15) is 0 Å². The van der Waals surface area contributed by atoms with E-state index in [1.807, 2.05) is 0 Å². The van der Waals surface area contributed by atoms with Crippen molar-refractivity contribution in [1.29, 1.82) is 0 Å². The first-order valence-electron chi connectivity index (χ1n) is 10.5. The standard InChI is InChI=1S/C20H42N2O.BrH/c1-2-3-4-5-6-7-8-9-10-11-12-13-14-15-16-22-20-19-21-17-18-23-20;/h20-22H,2-19H2,1H3;1H. The van der Waals surface area contributed by atoms with Gasteiger partial charge in [-0.05, 0) is 13.0 Å². The summed E-state index contributed by atoms with van der Waals surface area (Å²) < 4.78 is 5.62. The molecule has 0 aromatic carbocycles. The van der Waals surface area contributed by atoms with E-state index in [-0.39, 0.29) is 23.2 Å². The summed E-state index contributed by atoms with van der Waals surface area (Å²) in [7, 11) is 0. The molecule has 1 saturated heterocycles. The number of rotatable bonds is 16. The highest BCUT2D eigenvalue weighted by Crippen LogP contribution is 2.12. The quantitative estimate of drug-likeness (QED) is 0.328. The minimum atomic E-state index is 0. The largest absolute Gasteiger partial charge is 0.361 e. The van der Waals surface area contributed by atoms with Crippen LogP contribution in [0.25, 0.3) is 0 Å². The molecular weight excluding hydrogens is 364 g/mol. The SMILES string of the molecule is Br.CCCCCCCCCCCCCCCCNC1CNCCO1. The van der Waals surface area contributed by atoms with Crippen molar-refractivity contribution in [2.75, 3.05) is 26.2 Å². The van der Waals surface area contributed by atoms with Crippen LogP contribution in [0.3, 0.4) is 0 Å². The maximum absolute atomic E-state index is 5.62. The van der Waals surface area contributed by atoms with Crippen LogP contribution in [0, 0.1) is 0 Å². The Balaban J connectivity index is 0.00000529. The number of halogens is 1. The molecule has 0 saturated carbocycles. The topological polar surface area (TPSA) is 33.3 Å². The lowest BCUT2D eigenvalue weighted by molar-refractivity contribution is 0.00702. The van der Waals surface area contributed by atoms with Crippen LogP contribution in [-0.2, 0) is 4.74 Å². The fourth-order valence-electron chi connectivity index (χ4n) is 3.28. The molecule has 0 aromatic heterocycles. The maximum Gasteiger partial charge on any atom is 0.120 e. The fraction of sp³-hybridized carbons (Fsp3) is 1.00. The van der Waals surface area contributed by atoms with Crippen LogP contribution in [-0.4, -0.2) is 32.5 Å². The minimum Gasteiger partial charge on any atom is -0.361 e. The van der Waals surface area contributed by atoms with E-state index in [2.05, 4.69) is 17.6 Å². The summed E-state index contributed by atoms with van der Waals surface area (Å²) in [4.78, 5) is 0. The van der Waals surface area contributed by atoms with Gasteiger partial charge in [0.1, 0.15) is 6.23 Å². The third-order valence-electron chi connectivity index (χ3n) is 4.83. The van der Waals surface area contributed by atoms with Crippen LogP contribution in [0.15, 0.2) is 0 Å². The molecule has 1 unspecified atom stereocenters. The second-order valence-electron chi connectivity index (χ2n) is 7.11. The van der Waals surface area contributed by atoms with Crippen LogP contribution >= 0.6 is 17.0 Å². The Morgan fingerprint density at radius 1 is 0.792 bits per heavy atom. The molecule has 1 rings (SSSR count). The number of hydrogen-bond acceptors (Lipinski definition) is 3. The van der Waals surface area contributed by atoms with Crippen molar-refractivity contribution in [2.45, 2.75) is 103 Å². The van der Waals surface area contributed by atoms with Gasteiger partial charge in [-0.15, -0.1) is 17.0 Å². The van der Waals surface area contributed by atoms with E-state index in [0.29, 0.717) is 0 Å². The van der Waals surface area contributed by atoms with Gasteiger partial charge in [-0.25, -0.2) is 0 Å². The Kier molecular flexibility index (Phi) is 20.0. The van der Waals surface area contributed by atoms with E-state index in [1.54, 1.807) is 0 Å². The van der Waals surface area contributed by atoms with Gasteiger partial charge in [-0.3, -0.25) is 5.32 Å². The fourth-order valence-corrected chi connectivity index (χ4v) is 3.28. The van der Waals surface area contributed by atoms with Crippen molar-refractivity contribution >= 4 is 17.0 Å². The summed E-state index contributed by atoms with van der Waals surface area (Å²) >= 11 is 0. The van der Waals surface area contributed by atoms with Gasteiger partial charge >= 0.3 is 0 Å². The number of hydrogen-bond donors (Lipinski definition) is 2. The zero-order chi connectivity index (χ0) is 16.4. The first-order chi connectivity index (χ1) is 11.4. The highest BCUT2D eigenvalue weighted by atomic mass is 79.9. The van der Waals surface area contributed by atoms with Crippen LogP contribution in [0.4, 0.5) is 0 Å². The van der Waals surface area contributed by atoms with Gasteiger partial charge in [0.25, 0.3) is 0 Å². The van der Waals surface area contributed by atoms with E-state index in [0.717, 1.165) is 26.2 Å². The lowest BCUT2D eigenvalue weighted by Gasteiger charge is -2.24. The molecule has 1 atom stereocenters. The molecule has 24 heavy (non-hydrogen) atoms. The van der Waals surface area contributed by atoms with E-state index in [4.69, 9.17) is 4.74 Å². The summed E-state index contributed by atoms with van der Waals surface area (Å²) in [6.07, 6.45) is 20.2. The third-order valence-corrected chi connectivity index (χ3v) is 4.83. The van der Waals surface area contributed by atoms with E-state index in [1.165, 1.54) is 89.9 Å². The Bertz CT molecular complexity index is 236. The van der Waals surface area contributed by atoms with Crippen LogP contribution in [0.5, 0.6) is 0 Å². The molecule has 3 nitrogen and oxygen atoms in total. The predicted molar refractivity (Wildman–Crippen MR) is 111 cm³/mol. The van der Waals surface area contributed by atoms with Gasteiger partial charge in [0.05, 0.1) is 6.61 Å². The molecule has 0 spiro atoms. The average molecular weight is 407 g/mol. The normalized spacial score (nSPS) is 17.6. The molecular formula is C20H43BrN2O. The van der Waals surface area contributed by atoms with Crippen molar-refractivity contribution in [3.8, 4) is 0 Å². The predicted octanol–water partition coefficient (Wildman–Crippen LogP) is 5.58. The third kappa shape index (κ3) is 15.9. The van der Waals surface area contributed by atoms with Crippen molar-refractivity contribution in [3.63, 3.8) is 0 Å². The molecule has 0 aliphatic carbocycles. The monoisotopic (exact) mass is 406 g/mol. The first-order valence-corrected chi connectivity index (χ1v) is 10.5. The maximum atomic E-state index is 5.62. The van der Waals surface area contributed by atoms with Gasteiger partial charge in [0, 0.05) is 13.1 Å². The smallest absolute Gasteiger partial charge is 0.120 e. The van der Waals surface area contributed by atoms with Crippen molar-refractivity contribution in [1.82, 2.24) is 10.6 Å². The van der Waals surface area contributed by atoms with Crippen LogP contribution in [0.1, 0.15) is 96.8 Å². The molecule has 146 valence electrons.